The van der Waals surface area contributed by atoms with E-state index >= 15 is 0 Å². The average Bonchev–Trinajstić information content (AvgIpc) is 3.17. The van der Waals surface area contributed by atoms with Gasteiger partial charge in [-0.15, -0.1) is 0 Å². The van der Waals surface area contributed by atoms with Gasteiger partial charge in [0.2, 0.25) is 5.91 Å². The molecule has 17 heavy (non-hydrogen) atoms. The summed E-state index contributed by atoms with van der Waals surface area (Å²) in [6, 6.07) is 2.16. The van der Waals surface area contributed by atoms with Gasteiger partial charge in [0.05, 0.1) is 6.07 Å². The van der Waals surface area contributed by atoms with E-state index in [1.54, 1.807) is 4.90 Å². The lowest BCUT2D eigenvalue weighted by Gasteiger charge is -2.25. The molecular weight excluding hydrogens is 216 g/mol. The Hall–Kier alpha value is -1.08. The SMILES string of the molecule is CN(CCC1CCOCC1)C(=O)C1(C#N)CC1. The highest BCUT2D eigenvalue weighted by Crippen LogP contribution is 2.46. The van der Waals surface area contributed by atoms with Gasteiger partial charge >= 0.3 is 0 Å². The van der Waals surface area contributed by atoms with Gasteiger partial charge in [0, 0.05) is 26.8 Å². The molecule has 0 aromatic carbocycles. The molecule has 2 rings (SSSR count). The molecule has 1 saturated heterocycles. The van der Waals surface area contributed by atoms with Crippen molar-refractivity contribution in [3.63, 3.8) is 0 Å². The van der Waals surface area contributed by atoms with Crippen LogP contribution in [-0.2, 0) is 9.53 Å². The molecule has 0 radical (unpaired) electrons. The summed E-state index contributed by atoms with van der Waals surface area (Å²) in [5.74, 6) is 0.697. The second kappa shape index (κ2) is 5.05. The number of ether oxygens (including phenoxy) is 1. The van der Waals surface area contributed by atoms with Crippen LogP contribution in [0, 0.1) is 22.7 Å². The smallest absolute Gasteiger partial charge is 0.242 e. The Morgan fingerprint density at radius 3 is 2.65 bits per heavy atom. The summed E-state index contributed by atoms with van der Waals surface area (Å²) in [6.45, 7) is 2.47. The molecule has 1 aliphatic heterocycles. The zero-order valence-electron chi connectivity index (χ0n) is 10.4. The van der Waals surface area contributed by atoms with Crippen LogP contribution in [0.3, 0.4) is 0 Å². The van der Waals surface area contributed by atoms with Gasteiger partial charge in [0.1, 0.15) is 5.41 Å². The first-order chi connectivity index (χ1) is 8.18. The third-order valence-electron chi connectivity index (χ3n) is 3.93. The summed E-state index contributed by atoms with van der Waals surface area (Å²) in [7, 11) is 1.82. The molecule has 1 aliphatic carbocycles. The van der Waals surface area contributed by atoms with Gasteiger partial charge < -0.3 is 9.64 Å². The summed E-state index contributed by atoms with van der Waals surface area (Å²) in [6.07, 6.45) is 4.72. The summed E-state index contributed by atoms with van der Waals surface area (Å²) in [5, 5.41) is 8.98. The van der Waals surface area contributed by atoms with Gasteiger partial charge in [-0.3, -0.25) is 4.79 Å². The normalized spacial score (nSPS) is 22.8. The zero-order valence-corrected chi connectivity index (χ0v) is 10.4. The van der Waals surface area contributed by atoms with E-state index in [1.807, 2.05) is 7.05 Å². The second-order valence-corrected chi connectivity index (χ2v) is 5.27. The van der Waals surface area contributed by atoms with Crippen LogP contribution in [0.2, 0.25) is 0 Å². The van der Waals surface area contributed by atoms with Crippen LogP contribution in [0.25, 0.3) is 0 Å². The van der Waals surface area contributed by atoms with E-state index in [2.05, 4.69) is 6.07 Å². The molecule has 1 amide bonds. The van der Waals surface area contributed by atoms with Crippen molar-refractivity contribution in [3.05, 3.63) is 0 Å². The Balaban J connectivity index is 1.75. The molecule has 4 nitrogen and oxygen atoms in total. The Labute approximate surface area is 103 Å². The maximum atomic E-state index is 12.0. The fourth-order valence-corrected chi connectivity index (χ4v) is 2.38. The number of hydrogen-bond donors (Lipinski definition) is 0. The van der Waals surface area contributed by atoms with Crippen LogP contribution in [-0.4, -0.2) is 37.6 Å². The van der Waals surface area contributed by atoms with Gasteiger partial charge in [0.25, 0.3) is 0 Å². The Morgan fingerprint density at radius 2 is 2.12 bits per heavy atom. The van der Waals surface area contributed by atoms with Crippen LogP contribution in [0.5, 0.6) is 0 Å². The van der Waals surface area contributed by atoms with E-state index in [0.717, 1.165) is 51.9 Å². The van der Waals surface area contributed by atoms with E-state index in [4.69, 9.17) is 10.00 Å². The van der Waals surface area contributed by atoms with Gasteiger partial charge in [-0.1, -0.05) is 0 Å². The van der Waals surface area contributed by atoms with Crippen molar-refractivity contribution < 1.29 is 9.53 Å². The topological polar surface area (TPSA) is 53.3 Å². The fourth-order valence-electron chi connectivity index (χ4n) is 2.38. The summed E-state index contributed by atoms with van der Waals surface area (Å²) < 4.78 is 5.31. The van der Waals surface area contributed by atoms with Gasteiger partial charge in [-0.2, -0.15) is 5.26 Å². The number of amides is 1. The lowest BCUT2D eigenvalue weighted by molar-refractivity contribution is -0.133. The van der Waals surface area contributed by atoms with Gasteiger partial charge in [-0.25, -0.2) is 0 Å². The van der Waals surface area contributed by atoms with Crippen molar-refractivity contribution >= 4 is 5.91 Å². The quantitative estimate of drug-likeness (QED) is 0.744. The highest BCUT2D eigenvalue weighted by atomic mass is 16.5. The lowest BCUT2D eigenvalue weighted by atomic mass is 9.96. The number of carbonyl (C=O) groups excluding carboxylic acids is 1. The van der Waals surface area contributed by atoms with Crippen molar-refractivity contribution in [2.45, 2.75) is 32.1 Å². The summed E-state index contributed by atoms with van der Waals surface area (Å²) in [5.41, 5.74) is -0.662. The minimum Gasteiger partial charge on any atom is -0.381 e. The van der Waals surface area contributed by atoms with Crippen molar-refractivity contribution in [1.29, 1.82) is 5.26 Å². The van der Waals surface area contributed by atoms with Crippen molar-refractivity contribution in [1.82, 2.24) is 4.90 Å². The number of rotatable bonds is 4. The van der Waals surface area contributed by atoms with E-state index in [9.17, 15) is 4.79 Å². The van der Waals surface area contributed by atoms with E-state index in [-0.39, 0.29) is 5.91 Å². The molecule has 0 aromatic heterocycles. The van der Waals surface area contributed by atoms with Crippen LogP contribution >= 0.6 is 0 Å². The molecule has 0 bridgehead atoms. The predicted molar refractivity (Wildman–Crippen MR) is 63.1 cm³/mol. The first-order valence-corrected chi connectivity index (χ1v) is 6.42. The van der Waals surface area contributed by atoms with E-state index in [0.29, 0.717) is 5.92 Å². The lowest BCUT2D eigenvalue weighted by Crippen LogP contribution is -2.35. The molecule has 1 saturated carbocycles. The molecule has 0 aromatic rings. The molecule has 0 unspecified atom stereocenters. The maximum absolute atomic E-state index is 12.0. The molecule has 0 atom stereocenters. The van der Waals surface area contributed by atoms with Crippen LogP contribution < -0.4 is 0 Å². The number of nitriles is 1. The molecule has 2 fully saturated rings. The average molecular weight is 236 g/mol. The van der Waals surface area contributed by atoms with Crippen molar-refractivity contribution in [2.75, 3.05) is 26.8 Å². The molecule has 1 heterocycles. The highest BCUT2D eigenvalue weighted by molar-refractivity contribution is 5.88. The monoisotopic (exact) mass is 236 g/mol. The van der Waals surface area contributed by atoms with E-state index < -0.39 is 5.41 Å². The van der Waals surface area contributed by atoms with Crippen molar-refractivity contribution in [3.8, 4) is 6.07 Å². The molecule has 0 N–H and O–H groups in total. The predicted octanol–water partition coefficient (Wildman–Crippen LogP) is 1.57. The number of hydrogen-bond acceptors (Lipinski definition) is 3. The molecular formula is C13H20N2O2. The molecule has 94 valence electrons. The molecule has 2 aliphatic rings. The largest absolute Gasteiger partial charge is 0.381 e. The van der Waals surface area contributed by atoms with Crippen LogP contribution in [0.1, 0.15) is 32.1 Å². The summed E-state index contributed by atoms with van der Waals surface area (Å²) >= 11 is 0. The number of nitrogens with zero attached hydrogens (tertiary/aromatic N) is 2. The first-order valence-electron chi connectivity index (χ1n) is 6.42. The molecule has 0 spiro atoms. The first kappa shape index (κ1) is 12.4. The zero-order chi connectivity index (χ0) is 12.3. The molecule has 4 heteroatoms. The van der Waals surface area contributed by atoms with Crippen LogP contribution in [0.4, 0.5) is 0 Å². The minimum absolute atomic E-state index is 0.0204. The summed E-state index contributed by atoms with van der Waals surface area (Å²) in [4.78, 5) is 13.8. The van der Waals surface area contributed by atoms with Crippen molar-refractivity contribution in [2.24, 2.45) is 11.3 Å². The Bertz CT molecular complexity index is 325. The Morgan fingerprint density at radius 1 is 1.47 bits per heavy atom. The van der Waals surface area contributed by atoms with Gasteiger partial charge in [-0.05, 0) is 38.0 Å². The van der Waals surface area contributed by atoms with Crippen LogP contribution in [0.15, 0.2) is 0 Å². The standard InChI is InChI=1S/C13H20N2O2/c1-15(12(16)13(10-14)5-6-13)7-2-11-3-8-17-9-4-11/h11H,2-9H2,1H3. The van der Waals surface area contributed by atoms with E-state index in [1.165, 1.54) is 0 Å². The fraction of sp³-hybridized carbons (Fsp3) is 0.846. The third-order valence-corrected chi connectivity index (χ3v) is 3.93. The minimum atomic E-state index is -0.662. The number of carbonyl (C=O) groups is 1. The second-order valence-electron chi connectivity index (χ2n) is 5.27. The van der Waals surface area contributed by atoms with Gasteiger partial charge in [0.15, 0.2) is 0 Å². The third kappa shape index (κ3) is 2.78. The Kier molecular flexibility index (Phi) is 3.68. The highest BCUT2D eigenvalue weighted by Gasteiger charge is 2.51. The maximum Gasteiger partial charge on any atom is 0.242 e.